The Labute approximate surface area is 218 Å². The average Bonchev–Trinajstić information content (AvgIpc) is 3.30. The summed E-state index contributed by atoms with van der Waals surface area (Å²) < 4.78 is 0. The Hall–Kier alpha value is -3.79. The van der Waals surface area contributed by atoms with E-state index in [2.05, 4.69) is 16.0 Å². The number of amides is 4. The van der Waals surface area contributed by atoms with Crippen LogP contribution in [-0.2, 0) is 33.6 Å². The number of unbranched alkanes of at least 4 members (excludes halogenated alkanes) is 1. The van der Waals surface area contributed by atoms with Gasteiger partial charge in [0.2, 0.25) is 23.6 Å². The lowest BCUT2D eigenvalue weighted by molar-refractivity contribution is -0.149. The molecule has 4 atom stereocenters. The Morgan fingerprint density at radius 1 is 0.895 bits per heavy atom. The fourth-order valence-corrected chi connectivity index (χ4v) is 3.61. The molecule has 1 fully saturated rings. The summed E-state index contributed by atoms with van der Waals surface area (Å²) in [5.41, 5.74) is 5.49. The van der Waals surface area contributed by atoms with Crippen LogP contribution in [0.4, 0.5) is 0 Å². The third-order valence-corrected chi connectivity index (χ3v) is 5.27. The highest BCUT2D eigenvalue weighted by Gasteiger charge is 2.38. The maximum atomic E-state index is 13.1. The first-order valence-corrected chi connectivity index (χ1v) is 11.9. The molecule has 1 aliphatic heterocycles. The number of nitrogens with two attached hydrogens (primary N) is 1. The Morgan fingerprint density at radius 2 is 1.45 bits per heavy atom. The van der Waals surface area contributed by atoms with Crippen LogP contribution in [0.25, 0.3) is 0 Å². The molecule has 16 nitrogen and oxygen atoms in total. The lowest BCUT2D eigenvalue weighted by Gasteiger charge is -2.29. The second-order valence-corrected chi connectivity index (χ2v) is 8.49. The Morgan fingerprint density at radius 3 is 1.92 bits per heavy atom. The average molecular weight is 548 g/mol. The molecule has 0 radical (unpaired) electrons. The first kappa shape index (κ1) is 34.2. The summed E-state index contributed by atoms with van der Waals surface area (Å²) in [6, 6.07) is -5.22. The molecular formula is C22H37N5O11. The first-order chi connectivity index (χ1) is 17.7. The zero-order valence-corrected chi connectivity index (χ0v) is 21.3. The highest BCUT2D eigenvalue weighted by Crippen LogP contribution is 2.20. The lowest BCUT2D eigenvalue weighted by atomic mass is 10.1. The third kappa shape index (κ3) is 13.0. The lowest BCUT2D eigenvalue weighted by Crippen LogP contribution is -2.58. The number of likely N-dealkylation sites (tertiary alicyclic amines) is 1. The van der Waals surface area contributed by atoms with Gasteiger partial charge in [0.1, 0.15) is 24.2 Å². The summed E-state index contributed by atoms with van der Waals surface area (Å²) in [6.07, 6.45) is 1.02. The highest BCUT2D eigenvalue weighted by atomic mass is 16.4. The van der Waals surface area contributed by atoms with E-state index in [1.54, 1.807) is 0 Å². The largest absolute Gasteiger partial charge is 0.481 e. The molecule has 0 spiro atoms. The molecule has 0 aromatic rings. The van der Waals surface area contributed by atoms with Gasteiger partial charge in [-0.3, -0.25) is 28.8 Å². The van der Waals surface area contributed by atoms with Crippen LogP contribution >= 0.6 is 0 Å². The van der Waals surface area contributed by atoms with Crippen LogP contribution in [0.15, 0.2) is 0 Å². The minimum Gasteiger partial charge on any atom is -0.481 e. The van der Waals surface area contributed by atoms with Crippen LogP contribution in [0.1, 0.15) is 52.4 Å². The number of nitrogens with zero attached hydrogens (tertiary/aromatic N) is 1. The van der Waals surface area contributed by atoms with Crippen molar-refractivity contribution < 1.29 is 54.0 Å². The molecule has 0 aromatic heterocycles. The van der Waals surface area contributed by atoms with Crippen molar-refractivity contribution in [2.45, 2.75) is 76.5 Å². The molecule has 0 aliphatic carbocycles. The van der Waals surface area contributed by atoms with E-state index < -0.39 is 78.7 Å². The van der Waals surface area contributed by atoms with E-state index >= 15 is 0 Å². The van der Waals surface area contributed by atoms with Gasteiger partial charge in [0.25, 0.3) is 5.97 Å². The van der Waals surface area contributed by atoms with Crippen molar-refractivity contribution in [2.24, 2.45) is 5.73 Å². The number of carboxylic acids is 3. The van der Waals surface area contributed by atoms with Crippen LogP contribution in [0.3, 0.4) is 0 Å². The number of rotatable bonds is 14. The first-order valence-electron chi connectivity index (χ1n) is 11.9. The van der Waals surface area contributed by atoms with Crippen molar-refractivity contribution in [3.63, 3.8) is 0 Å². The molecule has 1 saturated heterocycles. The molecule has 9 N–H and O–H groups in total. The zero-order chi connectivity index (χ0) is 29.4. The molecular weight excluding hydrogens is 510 g/mol. The fraction of sp³-hybridized carbons (Fsp3) is 0.682. The molecule has 0 aromatic carbocycles. The third-order valence-electron chi connectivity index (χ3n) is 5.27. The van der Waals surface area contributed by atoms with Crippen molar-refractivity contribution in [1.29, 1.82) is 0 Å². The van der Waals surface area contributed by atoms with Crippen LogP contribution in [0, 0.1) is 0 Å². The second-order valence-electron chi connectivity index (χ2n) is 8.49. The SMILES string of the molecule is CC(=O)N[C@@H](CO)C(=O)N[C@@H](CC(=O)O)C(=O)N[C@@H](CCCCN)C(=O)N1CCC[C@H]1C(=O)O.CC(=O)O. The van der Waals surface area contributed by atoms with Crippen LogP contribution in [-0.4, -0.2) is 111 Å². The van der Waals surface area contributed by atoms with Crippen LogP contribution in [0.2, 0.25) is 0 Å². The number of carboxylic acid groups (broad SMARTS) is 3. The van der Waals surface area contributed by atoms with Gasteiger partial charge in [-0.2, -0.15) is 0 Å². The summed E-state index contributed by atoms with van der Waals surface area (Å²) in [7, 11) is 0. The second kappa shape index (κ2) is 17.6. The molecule has 1 heterocycles. The van der Waals surface area contributed by atoms with Gasteiger partial charge in [-0.15, -0.1) is 0 Å². The summed E-state index contributed by atoms with van der Waals surface area (Å²) in [5, 5.41) is 42.0. The standard InChI is InChI=1S/C20H33N5O9.C2H4O2/c1-11(27)22-14(10-26)18(31)24-13(9-16(28)29)17(30)23-12(5-2-3-7-21)19(32)25-8-4-6-15(25)20(33)34;1-2(3)4/h12-15,26H,2-10,21H2,1H3,(H,22,27)(H,23,30)(H,24,31)(H,28,29)(H,33,34);1H3,(H,3,4)/t12-,13-,14-,15-;/m0./s1. The number of hydrogen-bond donors (Lipinski definition) is 8. The Balaban J connectivity index is 0.00000318. The van der Waals surface area contributed by atoms with Crippen LogP contribution < -0.4 is 21.7 Å². The number of aliphatic hydroxyl groups is 1. The number of aliphatic carboxylic acids is 3. The molecule has 216 valence electrons. The van der Waals surface area contributed by atoms with E-state index in [9.17, 15) is 39.0 Å². The maximum Gasteiger partial charge on any atom is 0.326 e. The zero-order valence-electron chi connectivity index (χ0n) is 21.3. The monoisotopic (exact) mass is 547 g/mol. The van der Waals surface area contributed by atoms with Gasteiger partial charge in [-0.25, -0.2) is 4.79 Å². The Bertz CT molecular complexity index is 863. The van der Waals surface area contributed by atoms with E-state index in [4.69, 9.17) is 20.7 Å². The Kier molecular flexibility index (Phi) is 15.9. The van der Waals surface area contributed by atoms with Crippen molar-refractivity contribution in [3.8, 4) is 0 Å². The van der Waals surface area contributed by atoms with Crippen molar-refractivity contribution in [3.05, 3.63) is 0 Å². The van der Waals surface area contributed by atoms with Gasteiger partial charge in [0.15, 0.2) is 0 Å². The van der Waals surface area contributed by atoms with Gasteiger partial charge in [-0.05, 0) is 38.6 Å². The topological polar surface area (TPSA) is 266 Å². The molecule has 38 heavy (non-hydrogen) atoms. The highest BCUT2D eigenvalue weighted by molar-refractivity contribution is 5.96. The molecule has 1 rings (SSSR count). The smallest absolute Gasteiger partial charge is 0.326 e. The van der Waals surface area contributed by atoms with Gasteiger partial charge < -0.3 is 47.0 Å². The van der Waals surface area contributed by atoms with Gasteiger partial charge in [-0.1, -0.05) is 0 Å². The fourth-order valence-electron chi connectivity index (χ4n) is 3.61. The minimum absolute atomic E-state index is 0.128. The summed E-state index contributed by atoms with van der Waals surface area (Å²) >= 11 is 0. The minimum atomic E-state index is -1.62. The van der Waals surface area contributed by atoms with Crippen molar-refractivity contribution in [2.75, 3.05) is 19.7 Å². The summed E-state index contributed by atoms with van der Waals surface area (Å²) in [4.78, 5) is 82.4. The predicted molar refractivity (Wildman–Crippen MR) is 129 cm³/mol. The number of carbonyl (C=O) groups excluding carboxylic acids is 4. The number of aliphatic hydroxyl groups excluding tert-OH is 1. The van der Waals surface area contributed by atoms with E-state index in [1.807, 2.05) is 0 Å². The molecule has 1 aliphatic rings. The predicted octanol–water partition coefficient (Wildman–Crippen LogP) is -2.78. The van der Waals surface area contributed by atoms with Crippen LogP contribution in [0.5, 0.6) is 0 Å². The van der Waals surface area contributed by atoms with Gasteiger partial charge in [0, 0.05) is 20.4 Å². The molecule has 4 amide bonds. The number of nitrogens with one attached hydrogen (secondary N) is 3. The molecule has 0 bridgehead atoms. The summed E-state index contributed by atoms with van der Waals surface area (Å²) in [6.45, 7) is 1.93. The summed E-state index contributed by atoms with van der Waals surface area (Å²) in [5.74, 6) is -6.64. The van der Waals surface area contributed by atoms with E-state index in [-0.39, 0.29) is 19.4 Å². The molecule has 16 heteroatoms. The van der Waals surface area contributed by atoms with E-state index in [1.165, 1.54) is 4.90 Å². The van der Waals surface area contributed by atoms with E-state index in [0.29, 0.717) is 25.8 Å². The van der Waals surface area contributed by atoms with Gasteiger partial charge in [0.05, 0.1) is 13.0 Å². The van der Waals surface area contributed by atoms with Crippen molar-refractivity contribution >= 4 is 41.5 Å². The van der Waals surface area contributed by atoms with Gasteiger partial charge >= 0.3 is 11.9 Å². The number of carbonyl (C=O) groups is 7. The number of hydrogen-bond acceptors (Lipinski definition) is 9. The molecule has 0 unspecified atom stereocenters. The molecule has 0 saturated carbocycles. The quantitative estimate of drug-likeness (QED) is 0.103. The normalized spacial score (nSPS) is 16.6. The van der Waals surface area contributed by atoms with Crippen molar-refractivity contribution in [1.82, 2.24) is 20.9 Å². The maximum absolute atomic E-state index is 13.1. The van der Waals surface area contributed by atoms with E-state index in [0.717, 1.165) is 13.8 Å².